The molecular weight excluding hydrogens is 374 g/mol. The molecule has 2 fully saturated rings. The van der Waals surface area contributed by atoms with Crippen molar-refractivity contribution in [2.75, 3.05) is 6.54 Å². The number of Topliss-reactive ketones (excluding diaryl/α,β-unsaturated/α-hetero) is 1. The number of likely N-dealkylation sites (tertiary alicyclic amines) is 1. The normalized spacial score (nSPS) is 24.3. The van der Waals surface area contributed by atoms with Crippen molar-refractivity contribution in [1.82, 2.24) is 4.90 Å². The number of hydrogen-bond donors (Lipinski definition) is 0. The van der Waals surface area contributed by atoms with Gasteiger partial charge in [0, 0.05) is 19.0 Å². The maximum atomic E-state index is 13.4. The van der Waals surface area contributed by atoms with Crippen LogP contribution in [0, 0.1) is 19.3 Å². The monoisotopic (exact) mass is 403 g/mol. The molecule has 0 aliphatic carbocycles. The lowest BCUT2D eigenvalue weighted by molar-refractivity contribution is -0.142. The molecule has 1 amide bonds. The van der Waals surface area contributed by atoms with E-state index in [1.807, 2.05) is 26.8 Å². The minimum absolute atomic E-state index is 0.0346. The first-order valence-corrected chi connectivity index (χ1v) is 10.6. The molecule has 0 aromatic heterocycles. The van der Waals surface area contributed by atoms with Gasteiger partial charge in [0.25, 0.3) is 5.91 Å². The predicted octanol–water partition coefficient (Wildman–Crippen LogP) is 4.68. The van der Waals surface area contributed by atoms with Crippen LogP contribution in [0.3, 0.4) is 0 Å². The highest BCUT2D eigenvalue weighted by Crippen LogP contribution is 2.57. The highest BCUT2D eigenvalue weighted by Gasteiger charge is 2.65. The number of ether oxygens (including phenoxy) is 1. The second kappa shape index (κ2) is 7.12. The molecule has 0 unspecified atom stereocenters. The van der Waals surface area contributed by atoms with E-state index < -0.39 is 16.9 Å². The van der Waals surface area contributed by atoms with Gasteiger partial charge in [-0.05, 0) is 51.8 Å². The van der Waals surface area contributed by atoms with Gasteiger partial charge in [-0.25, -0.2) is 0 Å². The van der Waals surface area contributed by atoms with Crippen molar-refractivity contribution in [1.29, 1.82) is 0 Å². The van der Waals surface area contributed by atoms with E-state index in [0.717, 1.165) is 22.3 Å². The maximum absolute atomic E-state index is 13.4. The maximum Gasteiger partial charge on any atom is 0.291 e. The van der Waals surface area contributed by atoms with Crippen LogP contribution in [0.5, 0.6) is 0 Å². The van der Waals surface area contributed by atoms with Gasteiger partial charge in [0.2, 0.25) is 5.78 Å². The Morgan fingerprint density at radius 3 is 1.83 bits per heavy atom. The van der Waals surface area contributed by atoms with Gasteiger partial charge in [-0.1, -0.05) is 59.7 Å². The number of aryl methyl sites for hydroxylation is 2. The number of hydrogen-bond acceptors (Lipinski definition) is 3. The third-order valence-corrected chi connectivity index (χ3v) is 6.56. The summed E-state index contributed by atoms with van der Waals surface area (Å²) in [5.41, 5.74) is 2.55. The Labute approximate surface area is 178 Å². The first kappa shape index (κ1) is 20.4. The molecule has 0 saturated carbocycles. The van der Waals surface area contributed by atoms with E-state index in [1.54, 1.807) is 4.90 Å². The molecule has 4 nitrogen and oxygen atoms in total. The fourth-order valence-electron chi connectivity index (χ4n) is 4.82. The van der Waals surface area contributed by atoms with Crippen LogP contribution >= 0.6 is 0 Å². The average molecular weight is 404 g/mol. The van der Waals surface area contributed by atoms with Crippen LogP contribution in [0.25, 0.3) is 0 Å². The number of rotatable bonds is 3. The van der Waals surface area contributed by atoms with Crippen LogP contribution in [0.1, 0.15) is 49.4 Å². The molecule has 2 aliphatic heterocycles. The van der Waals surface area contributed by atoms with Crippen molar-refractivity contribution in [3.63, 3.8) is 0 Å². The Morgan fingerprint density at radius 1 is 0.933 bits per heavy atom. The Balaban J connectivity index is 1.91. The summed E-state index contributed by atoms with van der Waals surface area (Å²) < 4.78 is 6.70. The van der Waals surface area contributed by atoms with E-state index in [-0.39, 0.29) is 11.8 Å². The van der Waals surface area contributed by atoms with Gasteiger partial charge in [0.1, 0.15) is 11.2 Å². The van der Waals surface area contributed by atoms with Gasteiger partial charge in [0.05, 0.1) is 0 Å². The summed E-state index contributed by atoms with van der Waals surface area (Å²) in [6, 6.07) is 16.5. The molecule has 0 N–H and O–H groups in total. The molecule has 1 spiro atoms. The molecule has 4 heteroatoms. The van der Waals surface area contributed by atoms with E-state index in [2.05, 4.69) is 62.4 Å². The molecule has 0 bridgehead atoms. The van der Waals surface area contributed by atoms with E-state index >= 15 is 0 Å². The molecule has 1 atom stereocenters. The van der Waals surface area contributed by atoms with E-state index in [4.69, 9.17) is 4.74 Å². The summed E-state index contributed by atoms with van der Waals surface area (Å²) in [4.78, 5) is 27.9. The first-order valence-electron chi connectivity index (χ1n) is 10.6. The number of carbonyl (C=O) groups excluding carboxylic acids is 2. The highest BCUT2D eigenvalue weighted by atomic mass is 16.5. The summed E-state index contributed by atoms with van der Waals surface area (Å²) in [6.45, 7) is 10.2. The van der Waals surface area contributed by atoms with Crippen LogP contribution in [-0.2, 0) is 19.9 Å². The van der Waals surface area contributed by atoms with Crippen LogP contribution < -0.4 is 0 Å². The fourth-order valence-corrected chi connectivity index (χ4v) is 4.82. The van der Waals surface area contributed by atoms with Gasteiger partial charge in [-0.15, -0.1) is 0 Å². The van der Waals surface area contributed by atoms with Crippen molar-refractivity contribution < 1.29 is 14.3 Å². The summed E-state index contributed by atoms with van der Waals surface area (Å²) >= 11 is 0. The lowest BCUT2D eigenvalue weighted by atomic mass is 9.72. The van der Waals surface area contributed by atoms with E-state index in [1.165, 1.54) is 0 Å². The molecule has 2 aliphatic rings. The van der Waals surface area contributed by atoms with Crippen LogP contribution in [0.15, 0.2) is 60.4 Å². The summed E-state index contributed by atoms with van der Waals surface area (Å²) in [6.07, 6.45) is 2.28. The standard InChI is InChI=1S/C26H29NO3/c1-6-22-25(16-27(17(2)3)24(29)23(25)28)15-26(30-22,20-11-7-18(4)8-12-20)21-13-9-19(5)10-14-21/h6-14,17H,15-16H2,1-5H3/b22-6-/t25-/m1/s1. The second-order valence-corrected chi connectivity index (χ2v) is 8.93. The predicted molar refractivity (Wildman–Crippen MR) is 117 cm³/mol. The molecular formula is C26H29NO3. The Morgan fingerprint density at radius 2 is 1.43 bits per heavy atom. The van der Waals surface area contributed by atoms with Gasteiger partial charge >= 0.3 is 0 Å². The zero-order chi connectivity index (χ0) is 21.7. The molecule has 0 radical (unpaired) electrons. The van der Waals surface area contributed by atoms with E-state index in [9.17, 15) is 9.59 Å². The minimum atomic E-state index is -0.953. The third-order valence-electron chi connectivity index (χ3n) is 6.56. The molecule has 156 valence electrons. The number of allylic oxidation sites excluding steroid dienone is 1. The molecule has 30 heavy (non-hydrogen) atoms. The molecule has 4 rings (SSSR count). The summed E-state index contributed by atoms with van der Waals surface area (Å²) in [7, 11) is 0. The second-order valence-electron chi connectivity index (χ2n) is 8.93. The van der Waals surface area contributed by atoms with E-state index in [0.29, 0.717) is 18.7 Å². The molecule has 2 aromatic rings. The van der Waals surface area contributed by atoms with Gasteiger partial charge < -0.3 is 9.64 Å². The lowest BCUT2D eigenvalue weighted by Gasteiger charge is -2.30. The molecule has 2 heterocycles. The van der Waals surface area contributed by atoms with Crippen LogP contribution in [0.2, 0.25) is 0 Å². The number of benzene rings is 2. The van der Waals surface area contributed by atoms with Crippen LogP contribution in [0.4, 0.5) is 0 Å². The van der Waals surface area contributed by atoms with Gasteiger partial charge in [-0.2, -0.15) is 0 Å². The van der Waals surface area contributed by atoms with Crippen molar-refractivity contribution in [3.05, 3.63) is 82.6 Å². The van der Waals surface area contributed by atoms with Crippen molar-refractivity contribution in [3.8, 4) is 0 Å². The van der Waals surface area contributed by atoms with Crippen LogP contribution in [-0.4, -0.2) is 29.2 Å². The van der Waals surface area contributed by atoms with Gasteiger partial charge in [0.15, 0.2) is 5.60 Å². The Hall–Kier alpha value is -2.88. The first-order chi connectivity index (χ1) is 14.2. The van der Waals surface area contributed by atoms with Gasteiger partial charge in [-0.3, -0.25) is 9.59 Å². The highest BCUT2D eigenvalue weighted by molar-refractivity contribution is 6.41. The number of ketones is 1. The molecule has 2 saturated heterocycles. The minimum Gasteiger partial charge on any atom is -0.481 e. The number of carbonyl (C=O) groups is 2. The average Bonchev–Trinajstić information content (AvgIpc) is 3.20. The van der Waals surface area contributed by atoms with Crippen molar-refractivity contribution in [2.45, 2.75) is 52.7 Å². The molecule has 2 aromatic carbocycles. The zero-order valence-electron chi connectivity index (χ0n) is 18.4. The summed E-state index contributed by atoms with van der Waals surface area (Å²) in [5.74, 6) is -0.160. The third kappa shape index (κ3) is 2.89. The smallest absolute Gasteiger partial charge is 0.291 e. The van der Waals surface area contributed by atoms with Crippen molar-refractivity contribution in [2.24, 2.45) is 5.41 Å². The number of amides is 1. The Kier molecular flexibility index (Phi) is 4.84. The van der Waals surface area contributed by atoms with Crippen molar-refractivity contribution >= 4 is 11.7 Å². The largest absolute Gasteiger partial charge is 0.481 e. The quantitative estimate of drug-likeness (QED) is 0.699. The topological polar surface area (TPSA) is 46.6 Å². The number of nitrogens with zero attached hydrogens (tertiary/aromatic N) is 1. The Bertz CT molecular complexity index is 972. The SMILES string of the molecule is C/C=C1\OC(c2ccc(C)cc2)(c2ccc(C)cc2)C[C@@]12CN(C(C)C)C(=O)C2=O. The fraction of sp³-hybridized carbons (Fsp3) is 0.385. The zero-order valence-corrected chi connectivity index (χ0v) is 18.4. The lowest BCUT2D eigenvalue weighted by Crippen LogP contribution is -2.35. The summed E-state index contributed by atoms with van der Waals surface area (Å²) in [5, 5.41) is 0.